The van der Waals surface area contributed by atoms with Crippen LogP contribution in [0.1, 0.15) is 18.2 Å². The maximum atomic E-state index is 13.0. The molecule has 2 aromatic carbocycles. The van der Waals surface area contributed by atoms with Gasteiger partial charge < -0.3 is 5.32 Å². The molecule has 1 N–H and O–H groups in total. The van der Waals surface area contributed by atoms with Crippen molar-refractivity contribution in [3.8, 4) is 5.69 Å². The van der Waals surface area contributed by atoms with E-state index in [9.17, 15) is 19.2 Å². The van der Waals surface area contributed by atoms with Gasteiger partial charge in [-0.2, -0.15) is 0 Å². The van der Waals surface area contributed by atoms with Crippen LogP contribution in [0.15, 0.2) is 59.4 Å². The number of hydrogen-bond donors (Lipinski definition) is 1. The Morgan fingerprint density at radius 3 is 2.21 bits per heavy atom. The Morgan fingerprint density at radius 1 is 0.939 bits per heavy atom. The van der Waals surface area contributed by atoms with Gasteiger partial charge in [-0.25, -0.2) is 9.48 Å². The number of anilines is 2. The van der Waals surface area contributed by atoms with E-state index in [1.807, 2.05) is 37.3 Å². The van der Waals surface area contributed by atoms with E-state index in [2.05, 4.69) is 5.32 Å². The molecular formula is C24H25N5O4. The number of hydrogen-bond acceptors (Lipinski definition) is 4. The summed E-state index contributed by atoms with van der Waals surface area (Å²) >= 11 is 0. The Bertz CT molecular complexity index is 1290. The van der Waals surface area contributed by atoms with E-state index < -0.39 is 36.0 Å². The van der Waals surface area contributed by atoms with E-state index in [4.69, 9.17) is 0 Å². The highest BCUT2D eigenvalue weighted by atomic mass is 16.2. The van der Waals surface area contributed by atoms with Gasteiger partial charge >= 0.3 is 6.03 Å². The molecule has 0 unspecified atom stereocenters. The van der Waals surface area contributed by atoms with Crippen LogP contribution in [-0.2, 0) is 16.6 Å². The summed E-state index contributed by atoms with van der Waals surface area (Å²) in [6.45, 7) is 4.78. The van der Waals surface area contributed by atoms with E-state index in [1.54, 1.807) is 49.8 Å². The van der Waals surface area contributed by atoms with Gasteiger partial charge in [0.25, 0.3) is 11.5 Å². The van der Waals surface area contributed by atoms with Crippen LogP contribution in [0, 0.1) is 13.8 Å². The van der Waals surface area contributed by atoms with Crippen LogP contribution in [0.3, 0.4) is 0 Å². The number of benzene rings is 2. The average molecular weight is 447 g/mol. The highest BCUT2D eigenvalue weighted by molar-refractivity contribution is 6.16. The smallest absolute Gasteiger partial charge is 0.318 e. The van der Waals surface area contributed by atoms with Crippen molar-refractivity contribution in [2.45, 2.75) is 26.8 Å². The third-order valence-electron chi connectivity index (χ3n) is 5.88. The van der Waals surface area contributed by atoms with Gasteiger partial charge in [-0.3, -0.25) is 28.9 Å². The van der Waals surface area contributed by atoms with E-state index >= 15 is 0 Å². The van der Waals surface area contributed by atoms with Crippen molar-refractivity contribution < 1.29 is 14.4 Å². The topological polar surface area (TPSA) is 96.7 Å². The Morgan fingerprint density at radius 2 is 1.58 bits per heavy atom. The molecule has 1 saturated heterocycles. The number of nitrogens with zero attached hydrogens (tertiary/aromatic N) is 4. The quantitative estimate of drug-likeness (QED) is 0.608. The number of carbonyl (C=O) groups excluding carboxylic acids is 3. The van der Waals surface area contributed by atoms with Crippen LogP contribution >= 0.6 is 0 Å². The van der Waals surface area contributed by atoms with Gasteiger partial charge in [0.2, 0.25) is 5.91 Å². The summed E-state index contributed by atoms with van der Waals surface area (Å²) in [5, 5.41) is 2.60. The molecule has 4 rings (SSSR count). The minimum Gasteiger partial charge on any atom is -0.318 e. The number of carbonyl (C=O) groups is 3. The second-order valence-electron chi connectivity index (χ2n) is 8.07. The predicted octanol–water partition coefficient (Wildman–Crippen LogP) is 2.59. The molecular weight excluding hydrogens is 422 g/mol. The molecule has 2 heterocycles. The summed E-state index contributed by atoms with van der Waals surface area (Å²) in [7, 11) is 1.72. The first kappa shape index (κ1) is 22.1. The zero-order valence-electron chi connectivity index (χ0n) is 18.9. The molecule has 1 fully saturated rings. The van der Waals surface area contributed by atoms with Crippen molar-refractivity contribution in [2.24, 2.45) is 7.05 Å². The van der Waals surface area contributed by atoms with Gasteiger partial charge in [0, 0.05) is 12.7 Å². The molecule has 0 aliphatic carbocycles. The normalized spacial score (nSPS) is 15.9. The van der Waals surface area contributed by atoms with Crippen molar-refractivity contribution in [2.75, 3.05) is 16.8 Å². The number of para-hydroxylation sites is 1. The third kappa shape index (κ3) is 3.82. The Kier molecular flexibility index (Phi) is 5.63. The second-order valence-corrected chi connectivity index (χ2v) is 8.07. The molecule has 0 bridgehead atoms. The number of aromatic nitrogens is 2. The Balaban J connectivity index is 1.55. The van der Waals surface area contributed by atoms with E-state index in [0.29, 0.717) is 17.1 Å². The maximum Gasteiger partial charge on any atom is 0.332 e. The summed E-state index contributed by atoms with van der Waals surface area (Å²) in [4.78, 5) is 53.8. The molecule has 0 spiro atoms. The molecule has 1 aliphatic heterocycles. The highest BCUT2D eigenvalue weighted by Gasteiger charge is 2.44. The van der Waals surface area contributed by atoms with Gasteiger partial charge in [-0.05, 0) is 45.0 Å². The molecule has 4 amide bonds. The average Bonchev–Trinajstić information content (AvgIpc) is 3.14. The number of aryl methyl sites for hydroxylation is 1. The molecule has 9 nitrogen and oxygen atoms in total. The zero-order chi connectivity index (χ0) is 23.9. The number of urea groups is 1. The lowest BCUT2D eigenvalue weighted by Crippen LogP contribution is -2.39. The summed E-state index contributed by atoms with van der Waals surface area (Å²) < 4.78 is 3.08. The fraction of sp³-hybridized carbons (Fsp3) is 0.250. The van der Waals surface area contributed by atoms with Crippen molar-refractivity contribution in [3.05, 3.63) is 76.2 Å². The summed E-state index contributed by atoms with van der Waals surface area (Å²) in [5.41, 5.74) is 2.52. The molecule has 170 valence electrons. The monoisotopic (exact) mass is 447 g/mol. The third-order valence-corrected chi connectivity index (χ3v) is 5.88. The molecule has 1 aromatic heterocycles. The lowest BCUT2D eigenvalue weighted by Gasteiger charge is -2.19. The molecule has 9 heteroatoms. The van der Waals surface area contributed by atoms with E-state index in [-0.39, 0.29) is 5.69 Å². The Labute approximate surface area is 190 Å². The fourth-order valence-electron chi connectivity index (χ4n) is 3.95. The van der Waals surface area contributed by atoms with E-state index in [1.165, 1.54) is 9.58 Å². The second kappa shape index (κ2) is 8.42. The van der Waals surface area contributed by atoms with Crippen LogP contribution < -0.4 is 15.8 Å². The van der Waals surface area contributed by atoms with E-state index in [0.717, 1.165) is 10.5 Å². The van der Waals surface area contributed by atoms with Gasteiger partial charge in [-0.1, -0.05) is 35.9 Å². The van der Waals surface area contributed by atoms with Crippen molar-refractivity contribution >= 4 is 29.2 Å². The van der Waals surface area contributed by atoms with Crippen LogP contribution in [0.4, 0.5) is 16.2 Å². The van der Waals surface area contributed by atoms with Crippen molar-refractivity contribution in [1.29, 1.82) is 0 Å². The summed E-state index contributed by atoms with van der Waals surface area (Å²) in [5.74, 6) is -1.09. The minimum absolute atomic E-state index is 0.105. The lowest BCUT2D eigenvalue weighted by molar-refractivity contribution is -0.130. The van der Waals surface area contributed by atoms with Gasteiger partial charge in [-0.15, -0.1) is 0 Å². The molecule has 1 aliphatic rings. The standard InChI is InChI=1S/C24H25N5O4/c1-15-10-12-18(13-11-15)28-17(3)22(31)27(24(28)33)14-20(30)25-21-16(2)26(4)29(23(21)32)19-8-6-5-7-9-19/h5-13,17H,14H2,1-4H3,(H,25,30)/t17-/m0/s1. The van der Waals surface area contributed by atoms with Gasteiger partial charge in [0.05, 0.1) is 11.4 Å². The van der Waals surface area contributed by atoms with Crippen molar-refractivity contribution in [3.63, 3.8) is 0 Å². The van der Waals surface area contributed by atoms with Gasteiger partial charge in [0.1, 0.15) is 18.3 Å². The maximum absolute atomic E-state index is 13.0. The zero-order valence-corrected chi connectivity index (χ0v) is 18.9. The molecule has 3 aromatic rings. The molecule has 0 radical (unpaired) electrons. The lowest BCUT2D eigenvalue weighted by atomic mass is 10.2. The summed E-state index contributed by atoms with van der Waals surface area (Å²) in [6.07, 6.45) is 0. The first-order valence-corrected chi connectivity index (χ1v) is 10.6. The first-order valence-electron chi connectivity index (χ1n) is 10.6. The predicted molar refractivity (Wildman–Crippen MR) is 125 cm³/mol. The van der Waals surface area contributed by atoms with Crippen LogP contribution in [0.25, 0.3) is 5.69 Å². The minimum atomic E-state index is -0.734. The number of imide groups is 1. The Hall–Kier alpha value is -4.14. The molecule has 0 saturated carbocycles. The first-order chi connectivity index (χ1) is 15.7. The van der Waals surface area contributed by atoms with Crippen LogP contribution in [-0.4, -0.2) is 44.7 Å². The van der Waals surface area contributed by atoms with Gasteiger partial charge in [0.15, 0.2) is 0 Å². The van der Waals surface area contributed by atoms with Crippen LogP contribution in [0.5, 0.6) is 0 Å². The number of nitrogens with one attached hydrogen (secondary N) is 1. The number of amides is 4. The SMILES string of the molecule is Cc1ccc(N2C(=O)N(CC(=O)Nc3c(C)n(C)n(-c4ccccc4)c3=O)C(=O)[C@@H]2C)cc1. The highest BCUT2D eigenvalue weighted by Crippen LogP contribution is 2.26. The molecule has 1 atom stereocenters. The molecule has 33 heavy (non-hydrogen) atoms. The summed E-state index contributed by atoms with van der Waals surface area (Å²) in [6, 6.07) is 15.0. The van der Waals surface area contributed by atoms with Crippen LogP contribution in [0.2, 0.25) is 0 Å². The number of rotatable bonds is 5. The fourth-order valence-corrected chi connectivity index (χ4v) is 3.95. The van der Waals surface area contributed by atoms with Crippen molar-refractivity contribution in [1.82, 2.24) is 14.3 Å². The largest absolute Gasteiger partial charge is 0.332 e.